The number of carbonyl (C=O) groups excluding carboxylic acids is 1. The van der Waals surface area contributed by atoms with Crippen molar-refractivity contribution in [3.05, 3.63) is 35.4 Å². The molecule has 0 bridgehead atoms. The predicted molar refractivity (Wildman–Crippen MR) is 72.0 cm³/mol. The first-order valence-corrected chi connectivity index (χ1v) is 6.40. The maximum atomic E-state index is 11.5. The Labute approximate surface area is 104 Å². The van der Waals surface area contributed by atoms with Crippen LogP contribution in [0.15, 0.2) is 24.3 Å². The maximum Gasteiger partial charge on any atom is 0.220 e. The SMILES string of the molecule is Cc1cccc(CCNC(=O)CCC(C)C)c1. The van der Waals surface area contributed by atoms with Gasteiger partial charge in [0.05, 0.1) is 0 Å². The zero-order valence-corrected chi connectivity index (χ0v) is 11.1. The zero-order chi connectivity index (χ0) is 12.7. The fourth-order valence-corrected chi connectivity index (χ4v) is 1.72. The number of nitrogens with one attached hydrogen (secondary N) is 1. The van der Waals surface area contributed by atoms with Crippen molar-refractivity contribution in [3.8, 4) is 0 Å². The van der Waals surface area contributed by atoms with Gasteiger partial charge in [0, 0.05) is 13.0 Å². The van der Waals surface area contributed by atoms with Crippen molar-refractivity contribution in [1.82, 2.24) is 5.32 Å². The number of aryl methyl sites for hydroxylation is 1. The summed E-state index contributed by atoms with van der Waals surface area (Å²) in [5.74, 6) is 0.767. The average Bonchev–Trinajstić information content (AvgIpc) is 2.26. The summed E-state index contributed by atoms with van der Waals surface area (Å²) in [5.41, 5.74) is 2.56. The van der Waals surface area contributed by atoms with E-state index in [4.69, 9.17) is 0 Å². The first kappa shape index (κ1) is 13.8. The van der Waals surface area contributed by atoms with Crippen LogP contribution in [0.4, 0.5) is 0 Å². The summed E-state index contributed by atoms with van der Waals surface area (Å²) >= 11 is 0. The Kier molecular flexibility index (Phi) is 5.75. The van der Waals surface area contributed by atoms with E-state index in [-0.39, 0.29) is 5.91 Å². The van der Waals surface area contributed by atoms with E-state index in [2.05, 4.69) is 50.4 Å². The number of amides is 1. The summed E-state index contributed by atoms with van der Waals surface area (Å²) in [5, 5.41) is 2.97. The Morgan fingerprint density at radius 2 is 2.12 bits per heavy atom. The summed E-state index contributed by atoms with van der Waals surface area (Å²) in [6, 6.07) is 8.42. The highest BCUT2D eigenvalue weighted by atomic mass is 16.1. The molecule has 2 heteroatoms. The second-order valence-corrected chi connectivity index (χ2v) is 5.02. The minimum atomic E-state index is 0.173. The van der Waals surface area contributed by atoms with Crippen LogP contribution in [0.2, 0.25) is 0 Å². The van der Waals surface area contributed by atoms with Gasteiger partial charge in [0.2, 0.25) is 5.91 Å². The van der Waals surface area contributed by atoms with Gasteiger partial charge in [0.15, 0.2) is 0 Å². The van der Waals surface area contributed by atoms with Gasteiger partial charge >= 0.3 is 0 Å². The number of hydrogen-bond acceptors (Lipinski definition) is 1. The lowest BCUT2D eigenvalue weighted by Crippen LogP contribution is -2.25. The normalized spacial score (nSPS) is 10.6. The molecule has 0 saturated carbocycles. The maximum absolute atomic E-state index is 11.5. The van der Waals surface area contributed by atoms with Crippen LogP contribution in [-0.4, -0.2) is 12.5 Å². The van der Waals surface area contributed by atoms with E-state index in [9.17, 15) is 4.79 Å². The molecule has 1 N–H and O–H groups in total. The number of hydrogen-bond donors (Lipinski definition) is 1. The second kappa shape index (κ2) is 7.10. The van der Waals surface area contributed by atoms with Crippen LogP contribution in [0.25, 0.3) is 0 Å². The van der Waals surface area contributed by atoms with Gasteiger partial charge < -0.3 is 5.32 Å². The minimum Gasteiger partial charge on any atom is -0.356 e. The molecule has 0 radical (unpaired) electrons. The topological polar surface area (TPSA) is 29.1 Å². The molecule has 17 heavy (non-hydrogen) atoms. The van der Waals surface area contributed by atoms with Crippen molar-refractivity contribution in [2.45, 2.75) is 40.0 Å². The van der Waals surface area contributed by atoms with Crippen molar-refractivity contribution in [1.29, 1.82) is 0 Å². The Balaban J connectivity index is 2.21. The Bertz CT molecular complexity index is 358. The standard InChI is InChI=1S/C15H23NO/c1-12(2)7-8-15(17)16-10-9-14-6-4-5-13(3)11-14/h4-6,11-12H,7-10H2,1-3H3,(H,16,17). The molecular formula is C15H23NO. The third kappa shape index (κ3) is 6.10. The summed E-state index contributed by atoms with van der Waals surface area (Å²) in [6.07, 6.45) is 2.52. The molecule has 0 heterocycles. The highest BCUT2D eigenvalue weighted by Crippen LogP contribution is 2.05. The zero-order valence-electron chi connectivity index (χ0n) is 11.1. The van der Waals surface area contributed by atoms with Crippen molar-refractivity contribution in [2.75, 3.05) is 6.54 Å². The molecule has 0 saturated heterocycles. The highest BCUT2D eigenvalue weighted by molar-refractivity contribution is 5.75. The first-order chi connectivity index (χ1) is 8.08. The van der Waals surface area contributed by atoms with Gasteiger partial charge in [-0.15, -0.1) is 0 Å². The van der Waals surface area contributed by atoms with Gasteiger partial charge in [0.1, 0.15) is 0 Å². The monoisotopic (exact) mass is 233 g/mol. The number of benzene rings is 1. The van der Waals surface area contributed by atoms with Crippen LogP contribution in [0.1, 0.15) is 37.8 Å². The fraction of sp³-hybridized carbons (Fsp3) is 0.533. The lowest BCUT2D eigenvalue weighted by atomic mass is 10.1. The number of carbonyl (C=O) groups is 1. The summed E-state index contributed by atoms with van der Waals surface area (Å²) in [4.78, 5) is 11.5. The van der Waals surface area contributed by atoms with E-state index in [0.29, 0.717) is 12.3 Å². The molecule has 1 aromatic carbocycles. The van der Waals surface area contributed by atoms with Crippen LogP contribution < -0.4 is 5.32 Å². The lowest BCUT2D eigenvalue weighted by molar-refractivity contribution is -0.121. The summed E-state index contributed by atoms with van der Waals surface area (Å²) in [7, 11) is 0. The molecule has 0 aliphatic heterocycles. The van der Waals surface area contributed by atoms with Gasteiger partial charge in [-0.05, 0) is 31.2 Å². The molecule has 0 spiro atoms. The van der Waals surface area contributed by atoms with Crippen LogP contribution in [-0.2, 0) is 11.2 Å². The Morgan fingerprint density at radius 3 is 2.76 bits per heavy atom. The van der Waals surface area contributed by atoms with Crippen molar-refractivity contribution >= 4 is 5.91 Å². The van der Waals surface area contributed by atoms with Crippen LogP contribution in [0, 0.1) is 12.8 Å². The minimum absolute atomic E-state index is 0.173. The van der Waals surface area contributed by atoms with E-state index in [1.54, 1.807) is 0 Å². The lowest BCUT2D eigenvalue weighted by Gasteiger charge is -2.07. The Hall–Kier alpha value is -1.31. The van der Waals surface area contributed by atoms with Gasteiger partial charge in [-0.3, -0.25) is 4.79 Å². The van der Waals surface area contributed by atoms with Gasteiger partial charge in [-0.25, -0.2) is 0 Å². The largest absolute Gasteiger partial charge is 0.356 e. The van der Waals surface area contributed by atoms with E-state index in [1.807, 2.05) is 0 Å². The summed E-state index contributed by atoms with van der Waals surface area (Å²) < 4.78 is 0. The molecule has 1 amide bonds. The average molecular weight is 233 g/mol. The quantitative estimate of drug-likeness (QED) is 0.803. The van der Waals surface area contributed by atoms with Crippen LogP contribution in [0.3, 0.4) is 0 Å². The van der Waals surface area contributed by atoms with Crippen molar-refractivity contribution in [3.63, 3.8) is 0 Å². The van der Waals surface area contributed by atoms with Crippen LogP contribution in [0.5, 0.6) is 0 Å². The molecule has 0 aliphatic carbocycles. The molecule has 0 atom stereocenters. The third-order valence-corrected chi connectivity index (χ3v) is 2.77. The third-order valence-electron chi connectivity index (χ3n) is 2.77. The molecule has 94 valence electrons. The van der Waals surface area contributed by atoms with Crippen molar-refractivity contribution < 1.29 is 4.79 Å². The molecule has 0 fully saturated rings. The summed E-state index contributed by atoms with van der Waals surface area (Å²) in [6.45, 7) is 7.10. The van der Waals surface area contributed by atoms with Gasteiger partial charge in [0.25, 0.3) is 0 Å². The molecular weight excluding hydrogens is 210 g/mol. The van der Waals surface area contributed by atoms with Gasteiger partial charge in [-0.1, -0.05) is 43.7 Å². The van der Waals surface area contributed by atoms with Crippen molar-refractivity contribution in [2.24, 2.45) is 5.92 Å². The highest BCUT2D eigenvalue weighted by Gasteiger charge is 2.02. The molecule has 0 aliphatic rings. The Morgan fingerprint density at radius 1 is 1.35 bits per heavy atom. The molecule has 1 rings (SSSR count). The smallest absolute Gasteiger partial charge is 0.220 e. The fourth-order valence-electron chi connectivity index (χ4n) is 1.72. The van der Waals surface area contributed by atoms with Crippen LogP contribution >= 0.6 is 0 Å². The van der Waals surface area contributed by atoms with E-state index in [0.717, 1.165) is 19.4 Å². The predicted octanol–water partition coefficient (Wildman–Crippen LogP) is 3.09. The van der Waals surface area contributed by atoms with E-state index in [1.165, 1.54) is 11.1 Å². The molecule has 1 aromatic rings. The van der Waals surface area contributed by atoms with Gasteiger partial charge in [-0.2, -0.15) is 0 Å². The first-order valence-electron chi connectivity index (χ1n) is 6.40. The van der Waals surface area contributed by atoms with E-state index < -0.39 is 0 Å². The number of rotatable bonds is 6. The molecule has 2 nitrogen and oxygen atoms in total. The molecule has 0 aromatic heterocycles. The van der Waals surface area contributed by atoms with E-state index >= 15 is 0 Å². The molecule has 0 unspecified atom stereocenters. The second-order valence-electron chi connectivity index (χ2n) is 5.02.